The molecule has 1 aromatic carbocycles. The Morgan fingerprint density at radius 3 is 2.64 bits per heavy atom. The Morgan fingerprint density at radius 1 is 1.28 bits per heavy atom. The Bertz CT molecular complexity index is 772. The molecule has 1 N–H and O–H groups in total. The lowest BCUT2D eigenvalue weighted by Crippen LogP contribution is -2.14. The summed E-state index contributed by atoms with van der Waals surface area (Å²) in [6.45, 7) is 4.38. The predicted octanol–water partition coefficient (Wildman–Crippen LogP) is 4.90. The first-order valence-electron chi connectivity index (χ1n) is 7.56. The zero-order valence-electron chi connectivity index (χ0n) is 14.0. The van der Waals surface area contributed by atoms with E-state index in [1.54, 1.807) is 13.3 Å². The molecule has 2 aromatic rings. The van der Waals surface area contributed by atoms with E-state index in [1.165, 1.54) is 24.3 Å². The zero-order valence-corrected chi connectivity index (χ0v) is 14.0. The lowest BCUT2D eigenvalue weighted by molar-refractivity contribution is -0.141. The van der Waals surface area contributed by atoms with Crippen LogP contribution in [0.1, 0.15) is 18.2 Å². The highest BCUT2D eigenvalue weighted by Crippen LogP contribution is 2.31. The largest absolute Gasteiger partial charge is 0.433 e. The number of pyridine rings is 1. The third-order valence-electron chi connectivity index (χ3n) is 3.54. The molecular weight excluding hydrogens is 336 g/mol. The summed E-state index contributed by atoms with van der Waals surface area (Å²) in [5.74, 6) is -0.574. The van der Waals surface area contributed by atoms with E-state index in [9.17, 15) is 17.6 Å². The van der Waals surface area contributed by atoms with Gasteiger partial charge >= 0.3 is 6.18 Å². The molecule has 0 saturated heterocycles. The van der Waals surface area contributed by atoms with Crippen LogP contribution in [0, 0.1) is 12.7 Å². The second-order valence-corrected chi connectivity index (χ2v) is 5.45. The number of nitrogens with zero attached hydrogens (tertiary/aromatic N) is 3. The number of aromatic nitrogens is 1. The molecule has 8 heteroatoms. The number of hydrogen-bond acceptors (Lipinski definition) is 3. The molecule has 1 heterocycles. The SMILES string of the molecule is CCN(C)/C=N/c1cc(F)cc(Nc2cccc(C(F)(F)F)n2)c1C. The molecule has 4 nitrogen and oxygen atoms in total. The summed E-state index contributed by atoms with van der Waals surface area (Å²) < 4.78 is 52.1. The first kappa shape index (κ1) is 18.7. The van der Waals surface area contributed by atoms with Crippen LogP contribution in [0.2, 0.25) is 0 Å². The van der Waals surface area contributed by atoms with E-state index in [-0.39, 0.29) is 5.82 Å². The van der Waals surface area contributed by atoms with Crippen molar-refractivity contribution in [3.05, 3.63) is 47.4 Å². The van der Waals surface area contributed by atoms with Crippen molar-refractivity contribution in [1.29, 1.82) is 0 Å². The molecule has 0 fully saturated rings. The predicted molar refractivity (Wildman–Crippen MR) is 90.1 cm³/mol. The van der Waals surface area contributed by atoms with Gasteiger partial charge in [0.2, 0.25) is 0 Å². The van der Waals surface area contributed by atoms with E-state index in [2.05, 4.69) is 15.3 Å². The molecule has 134 valence electrons. The Balaban J connectivity index is 2.34. The van der Waals surface area contributed by atoms with Crippen LogP contribution in [0.25, 0.3) is 0 Å². The van der Waals surface area contributed by atoms with Crippen LogP contribution in [0.3, 0.4) is 0 Å². The van der Waals surface area contributed by atoms with Crippen LogP contribution in [0.4, 0.5) is 34.8 Å². The first-order valence-corrected chi connectivity index (χ1v) is 7.56. The highest BCUT2D eigenvalue weighted by molar-refractivity contribution is 5.71. The van der Waals surface area contributed by atoms with Crippen molar-refractivity contribution in [3.8, 4) is 0 Å². The summed E-state index contributed by atoms with van der Waals surface area (Å²) >= 11 is 0. The molecule has 2 rings (SSSR count). The second kappa shape index (κ2) is 7.50. The maximum atomic E-state index is 13.9. The molecular formula is C17H18F4N4. The van der Waals surface area contributed by atoms with Crippen LogP contribution in [-0.2, 0) is 6.18 Å². The highest BCUT2D eigenvalue weighted by atomic mass is 19.4. The normalized spacial score (nSPS) is 11.8. The van der Waals surface area contributed by atoms with Gasteiger partial charge in [0.05, 0.1) is 12.0 Å². The fraction of sp³-hybridized carbons (Fsp3) is 0.294. The molecule has 0 aliphatic carbocycles. The summed E-state index contributed by atoms with van der Waals surface area (Å²) in [4.78, 5) is 9.55. The van der Waals surface area contributed by atoms with E-state index in [4.69, 9.17) is 0 Å². The Hall–Kier alpha value is -2.64. The summed E-state index contributed by atoms with van der Waals surface area (Å²) in [6, 6.07) is 5.95. The van der Waals surface area contributed by atoms with Crippen molar-refractivity contribution in [3.63, 3.8) is 0 Å². The number of nitrogens with one attached hydrogen (secondary N) is 1. The van der Waals surface area contributed by atoms with Crippen molar-refractivity contribution in [1.82, 2.24) is 9.88 Å². The molecule has 0 spiro atoms. The van der Waals surface area contributed by atoms with Gasteiger partial charge in [-0.3, -0.25) is 0 Å². The van der Waals surface area contributed by atoms with Gasteiger partial charge in [-0.05, 0) is 43.7 Å². The quantitative estimate of drug-likeness (QED) is 0.471. The second-order valence-electron chi connectivity index (χ2n) is 5.45. The van der Waals surface area contributed by atoms with Gasteiger partial charge in [0.25, 0.3) is 0 Å². The Kier molecular flexibility index (Phi) is 5.61. The molecule has 1 aromatic heterocycles. The average molecular weight is 354 g/mol. The lowest BCUT2D eigenvalue weighted by atomic mass is 10.1. The van der Waals surface area contributed by atoms with Crippen molar-refractivity contribution in [2.24, 2.45) is 4.99 Å². The third kappa shape index (κ3) is 4.91. The summed E-state index contributed by atoms with van der Waals surface area (Å²) in [6.07, 6.45) is -2.98. The number of hydrogen-bond donors (Lipinski definition) is 1. The van der Waals surface area contributed by atoms with Gasteiger partial charge in [0, 0.05) is 19.3 Å². The molecule has 0 aliphatic heterocycles. The smallest absolute Gasteiger partial charge is 0.366 e. The van der Waals surface area contributed by atoms with Crippen LogP contribution in [-0.4, -0.2) is 29.8 Å². The summed E-state index contributed by atoms with van der Waals surface area (Å²) in [5.41, 5.74) is 0.267. The van der Waals surface area contributed by atoms with Crippen LogP contribution in [0.5, 0.6) is 0 Å². The van der Waals surface area contributed by atoms with Crippen molar-refractivity contribution >= 4 is 23.5 Å². The van der Waals surface area contributed by atoms with E-state index in [0.717, 1.165) is 12.6 Å². The van der Waals surface area contributed by atoms with Crippen molar-refractivity contribution in [2.45, 2.75) is 20.0 Å². The van der Waals surface area contributed by atoms with Gasteiger partial charge in [0.1, 0.15) is 17.3 Å². The molecule has 0 bridgehead atoms. The molecule has 25 heavy (non-hydrogen) atoms. The Morgan fingerprint density at radius 2 is 2.00 bits per heavy atom. The molecule has 0 amide bonds. The standard InChI is InChI=1S/C17H18F4N4/c1-4-25(3)10-22-13-8-12(18)9-14(11(13)2)23-16-7-5-6-15(24-16)17(19,20)21/h5-10H,4H2,1-3H3,(H,23,24)/b22-10+. The van der Waals surface area contributed by atoms with Gasteiger partial charge in [-0.2, -0.15) is 13.2 Å². The number of benzene rings is 1. The van der Waals surface area contributed by atoms with Crippen LogP contribution >= 0.6 is 0 Å². The van der Waals surface area contributed by atoms with Gasteiger partial charge < -0.3 is 10.2 Å². The molecule has 0 unspecified atom stereocenters. The monoisotopic (exact) mass is 354 g/mol. The minimum Gasteiger partial charge on any atom is -0.366 e. The Labute approximate surface area is 143 Å². The first-order chi connectivity index (χ1) is 11.7. The minimum absolute atomic E-state index is 0.0240. The number of anilines is 2. The average Bonchev–Trinajstić information content (AvgIpc) is 2.55. The number of alkyl halides is 3. The third-order valence-corrected chi connectivity index (χ3v) is 3.54. The molecule has 0 radical (unpaired) electrons. The fourth-order valence-electron chi connectivity index (χ4n) is 1.97. The van der Waals surface area contributed by atoms with Gasteiger partial charge in [0.15, 0.2) is 0 Å². The summed E-state index contributed by atoms with van der Waals surface area (Å²) in [7, 11) is 1.82. The lowest BCUT2D eigenvalue weighted by Gasteiger charge is -2.14. The zero-order chi connectivity index (χ0) is 18.6. The van der Waals surface area contributed by atoms with Gasteiger partial charge in [-0.15, -0.1) is 0 Å². The van der Waals surface area contributed by atoms with Gasteiger partial charge in [-0.25, -0.2) is 14.4 Å². The van der Waals surface area contributed by atoms with Gasteiger partial charge in [-0.1, -0.05) is 6.07 Å². The highest BCUT2D eigenvalue weighted by Gasteiger charge is 2.32. The molecule has 0 aliphatic rings. The topological polar surface area (TPSA) is 40.5 Å². The van der Waals surface area contributed by atoms with Crippen LogP contribution < -0.4 is 5.32 Å². The van der Waals surface area contributed by atoms with Crippen LogP contribution in [0.15, 0.2) is 35.3 Å². The van der Waals surface area contributed by atoms with E-state index >= 15 is 0 Å². The van der Waals surface area contributed by atoms with E-state index in [1.807, 2.05) is 18.9 Å². The number of rotatable bonds is 5. The van der Waals surface area contributed by atoms with E-state index < -0.39 is 17.7 Å². The van der Waals surface area contributed by atoms with Crippen molar-refractivity contribution in [2.75, 3.05) is 18.9 Å². The number of halogens is 4. The number of aliphatic imine (C=N–C) groups is 1. The van der Waals surface area contributed by atoms with E-state index in [0.29, 0.717) is 16.9 Å². The maximum absolute atomic E-state index is 13.9. The molecule has 0 saturated carbocycles. The van der Waals surface area contributed by atoms with Crippen molar-refractivity contribution < 1.29 is 17.6 Å². The summed E-state index contributed by atoms with van der Waals surface area (Å²) in [5, 5.41) is 2.73. The molecule has 0 atom stereocenters. The maximum Gasteiger partial charge on any atom is 0.433 e. The minimum atomic E-state index is -4.55. The fourth-order valence-corrected chi connectivity index (χ4v) is 1.97.